The number of aromatic nitrogens is 3. The van der Waals surface area contributed by atoms with Crippen LogP contribution in [-0.4, -0.2) is 31.4 Å². The Morgan fingerprint density at radius 2 is 2.10 bits per heavy atom. The number of benzene rings is 1. The van der Waals surface area contributed by atoms with Gasteiger partial charge in [-0.3, -0.25) is 4.79 Å². The number of carbonyl (C=O) groups excluding carboxylic acids is 1. The number of hydrogen-bond acceptors (Lipinski definition) is 5. The summed E-state index contributed by atoms with van der Waals surface area (Å²) in [5.74, 6) is -0.280. The molecule has 2 aromatic rings. The van der Waals surface area contributed by atoms with Crippen molar-refractivity contribution in [3.8, 4) is 0 Å². The summed E-state index contributed by atoms with van der Waals surface area (Å²) in [5.41, 5.74) is -0.448. The first kappa shape index (κ1) is 12.8. The molecule has 104 valence electrons. The smallest absolute Gasteiger partial charge is 0.223 e. The molecular weight excluding hydrogens is 256 g/mol. The van der Waals surface area contributed by atoms with Gasteiger partial charge in [-0.25, -0.2) is 4.68 Å². The van der Waals surface area contributed by atoms with E-state index in [9.17, 15) is 9.90 Å². The van der Waals surface area contributed by atoms with E-state index in [0.29, 0.717) is 5.95 Å². The third-order valence-corrected chi connectivity index (χ3v) is 3.70. The predicted octanol–water partition coefficient (Wildman–Crippen LogP) is 1.21. The number of ketones is 1. The molecule has 6 nitrogen and oxygen atoms in total. The average Bonchev–Trinajstić information content (AvgIpc) is 2.83. The fourth-order valence-electron chi connectivity index (χ4n) is 2.90. The van der Waals surface area contributed by atoms with Gasteiger partial charge in [-0.05, 0) is 19.4 Å². The van der Waals surface area contributed by atoms with Gasteiger partial charge in [-0.15, -0.1) is 0 Å². The molecule has 0 spiro atoms. The van der Waals surface area contributed by atoms with Gasteiger partial charge >= 0.3 is 0 Å². The lowest BCUT2D eigenvalue weighted by atomic mass is 9.81. The Kier molecular flexibility index (Phi) is 2.83. The number of fused-ring (bicyclic) bond motifs is 1. The Morgan fingerprint density at radius 3 is 2.75 bits per heavy atom. The quantitative estimate of drug-likeness (QED) is 0.859. The summed E-state index contributed by atoms with van der Waals surface area (Å²) in [6, 6.07) is 9.19. The van der Waals surface area contributed by atoms with Crippen molar-refractivity contribution in [2.24, 2.45) is 5.92 Å². The number of rotatable bonds is 2. The molecule has 0 saturated heterocycles. The van der Waals surface area contributed by atoms with Crippen LogP contribution in [0.15, 0.2) is 36.7 Å². The fraction of sp³-hybridized carbons (Fsp3) is 0.357. The molecule has 3 rings (SSSR count). The zero-order valence-electron chi connectivity index (χ0n) is 11.3. The Labute approximate surface area is 116 Å². The highest BCUT2D eigenvalue weighted by atomic mass is 16.3. The highest BCUT2D eigenvalue weighted by molar-refractivity contribution is 5.81. The molecule has 0 unspecified atom stereocenters. The van der Waals surface area contributed by atoms with Crippen LogP contribution in [0.4, 0.5) is 5.95 Å². The van der Waals surface area contributed by atoms with Crippen LogP contribution in [0.5, 0.6) is 0 Å². The minimum atomic E-state index is -1.37. The maximum absolute atomic E-state index is 12.1. The molecule has 0 radical (unpaired) electrons. The largest absolute Gasteiger partial charge is 0.370 e. The van der Waals surface area contributed by atoms with E-state index in [1.165, 1.54) is 13.3 Å². The molecule has 1 aliphatic rings. The molecule has 2 heterocycles. The minimum absolute atomic E-state index is 0.0995. The van der Waals surface area contributed by atoms with Crippen molar-refractivity contribution in [3.05, 3.63) is 42.2 Å². The van der Waals surface area contributed by atoms with Gasteiger partial charge in [0.25, 0.3) is 0 Å². The van der Waals surface area contributed by atoms with E-state index in [0.717, 1.165) is 5.56 Å². The van der Waals surface area contributed by atoms with E-state index in [4.69, 9.17) is 0 Å². The van der Waals surface area contributed by atoms with Crippen molar-refractivity contribution in [2.45, 2.75) is 25.6 Å². The van der Waals surface area contributed by atoms with E-state index in [2.05, 4.69) is 15.4 Å². The number of Topliss-reactive ketones (excluding diaryl/α,β-unsaturated/α-hetero) is 1. The average molecular weight is 272 g/mol. The van der Waals surface area contributed by atoms with Crippen LogP contribution in [0.1, 0.15) is 25.5 Å². The van der Waals surface area contributed by atoms with Crippen molar-refractivity contribution >= 4 is 11.7 Å². The zero-order chi connectivity index (χ0) is 14.3. The summed E-state index contributed by atoms with van der Waals surface area (Å²) in [7, 11) is 0. The summed E-state index contributed by atoms with van der Waals surface area (Å²) >= 11 is 0. The molecule has 1 aliphatic heterocycles. The second-order valence-corrected chi connectivity index (χ2v) is 5.24. The van der Waals surface area contributed by atoms with E-state index >= 15 is 0 Å². The highest BCUT2D eigenvalue weighted by Gasteiger charge is 2.48. The molecule has 6 heteroatoms. The van der Waals surface area contributed by atoms with Crippen LogP contribution in [0.3, 0.4) is 0 Å². The van der Waals surface area contributed by atoms with Gasteiger partial charge in [0, 0.05) is 0 Å². The summed E-state index contributed by atoms with van der Waals surface area (Å²) < 4.78 is 1.65. The molecule has 0 bridgehead atoms. The number of anilines is 1. The van der Waals surface area contributed by atoms with Crippen molar-refractivity contribution in [3.63, 3.8) is 0 Å². The zero-order valence-corrected chi connectivity index (χ0v) is 11.3. The second-order valence-electron chi connectivity index (χ2n) is 5.24. The minimum Gasteiger partial charge on any atom is -0.370 e. The number of nitrogens with one attached hydrogen (secondary N) is 1. The maximum Gasteiger partial charge on any atom is 0.223 e. The lowest BCUT2D eigenvalue weighted by molar-refractivity contribution is -0.130. The molecule has 2 N–H and O–H groups in total. The number of hydrogen-bond donors (Lipinski definition) is 2. The van der Waals surface area contributed by atoms with Gasteiger partial charge in [-0.2, -0.15) is 10.1 Å². The van der Waals surface area contributed by atoms with Crippen molar-refractivity contribution in [1.82, 2.24) is 14.8 Å². The highest BCUT2D eigenvalue weighted by Crippen LogP contribution is 2.40. The number of aliphatic hydroxyl groups is 1. The number of carbonyl (C=O) groups is 1. The molecule has 0 aliphatic carbocycles. The van der Waals surface area contributed by atoms with E-state index in [1.807, 2.05) is 30.3 Å². The molecule has 0 fully saturated rings. The fourth-order valence-corrected chi connectivity index (χ4v) is 2.90. The third-order valence-electron chi connectivity index (χ3n) is 3.70. The Hall–Kier alpha value is -2.21. The summed E-state index contributed by atoms with van der Waals surface area (Å²) in [6.45, 7) is 3.08. The SMILES string of the molecule is CC(=O)[C@@H]1[C@@H](c2ccccc2)n2ncnc2N[C@@]1(C)O. The summed E-state index contributed by atoms with van der Waals surface area (Å²) in [6.07, 6.45) is 1.41. The Bertz CT molecular complexity index is 636. The van der Waals surface area contributed by atoms with Gasteiger partial charge < -0.3 is 10.4 Å². The van der Waals surface area contributed by atoms with Gasteiger partial charge in [0.1, 0.15) is 17.8 Å². The molecule has 20 heavy (non-hydrogen) atoms. The van der Waals surface area contributed by atoms with Crippen molar-refractivity contribution in [2.75, 3.05) is 5.32 Å². The molecule has 1 aromatic carbocycles. The lowest BCUT2D eigenvalue weighted by Crippen LogP contribution is -2.54. The van der Waals surface area contributed by atoms with Gasteiger partial charge in [0.05, 0.1) is 12.0 Å². The van der Waals surface area contributed by atoms with Gasteiger partial charge in [0.2, 0.25) is 5.95 Å². The van der Waals surface area contributed by atoms with Crippen LogP contribution in [-0.2, 0) is 4.79 Å². The second kappa shape index (κ2) is 4.42. The summed E-state index contributed by atoms with van der Waals surface area (Å²) in [5, 5.41) is 17.7. The topological polar surface area (TPSA) is 80.0 Å². The first-order valence-corrected chi connectivity index (χ1v) is 6.46. The first-order chi connectivity index (χ1) is 9.50. The van der Waals surface area contributed by atoms with Crippen molar-refractivity contribution in [1.29, 1.82) is 0 Å². The predicted molar refractivity (Wildman–Crippen MR) is 73.0 cm³/mol. The van der Waals surface area contributed by atoms with Crippen LogP contribution < -0.4 is 5.32 Å². The van der Waals surface area contributed by atoms with Crippen LogP contribution in [0.2, 0.25) is 0 Å². The van der Waals surface area contributed by atoms with Crippen LogP contribution in [0, 0.1) is 5.92 Å². The Morgan fingerprint density at radius 1 is 1.40 bits per heavy atom. The summed E-state index contributed by atoms with van der Waals surface area (Å²) in [4.78, 5) is 16.2. The monoisotopic (exact) mass is 272 g/mol. The van der Waals surface area contributed by atoms with E-state index in [-0.39, 0.29) is 11.8 Å². The van der Waals surface area contributed by atoms with E-state index < -0.39 is 11.6 Å². The number of nitrogens with zero attached hydrogens (tertiary/aromatic N) is 3. The Balaban J connectivity index is 2.19. The third kappa shape index (κ3) is 1.89. The standard InChI is InChI=1S/C14H16N4O2/c1-9(19)11-12(10-6-4-3-5-7-10)18-13(15-8-16-18)17-14(11,2)20/h3-8,11-12,20H,1-2H3,(H,15,16,17)/t11-,12-,14+/m1/s1. The molecule has 0 saturated carbocycles. The van der Waals surface area contributed by atoms with Crippen LogP contribution >= 0.6 is 0 Å². The van der Waals surface area contributed by atoms with Crippen LogP contribution in [0.25, 0.3) is 0 Å². The van der Waals surface area contributed by atoms with Gasteiger partial charge in [-0.1, -0.05) is 30.3 Å². The normalized spacial score (nSPS) is 28.6. The lowest BCUT2D eigenvalue weighted by Gasteiger charge is -2.42. The maximum atomic E-state index is 12.1. The molecule has 1 aromatic heterocycles. The molecular formula is C14H16N4O2. The first-order valence-electron chi connectivity index (χ1n) is 6.46. The molecule has 0 amide bonds. The van der Waals surface area contributed by atoms with E-state index in [1.54, 1.807) is 11.6 Å². The molecule has 3 atom stereocenters. The van der Waals surface area contributed by atoms with Crippen molar-refractivity contribution < 1.29 is 9.90 Å². The van der Waals surface area contributed by atoms with Gasteiger partial charge in [0.15, 0.2) is 0 Å².